The maximum Gasteiger partial charge on any atom is 0.324 e. The molecule has 1 fully saturated rings. The van der Waals surface area contributed by atoms with Crippen molar-refractivity contribution in [3.8, 4) is 11.8 Å². The number of esters is 2. The minimum Gasteiger partial charge on any atom is -0.468 e. The minimum absolute atomic E-state index is 0.0600. The minimum atomic E-state index is -1.41. The topological polar surface area (TPSA) is 52.6 Å². The molecule has 0 atom stereocenters. The van der Waals surface area contributed by atoms with E-state index in [2.05, 4.69) is 11.8 Å². The van der Waals surface area contributed by atoms with Crippen molar-refractivity contribution in [1.29, 1.82) is 0 Å². The second-order valence-electron chi connectivity index (χ2n) is 5.93. The normalized spacial score (nSPS) is 12.7. The Kier molecular flexibility index (Phi) is 5.81. The van der Waals surface area contributed by atoms with Gasteiger partial charge in [-0.25, -0.2) is 0 Å². The molecule has 0 saturated heterocycles. The zero-order valence-corrected chi connectivity index (χ0v) is 14.3. The first-order valence-electron chi connectivity index (χ1n) is 7.93. The standard InChI is InChI=1S/C20H22O4/c1-15-7-4-5-8-17(15)9-6-13-20(18(21)23-2,19(22)24-3)14-12-16-10-11-16/h4-5,7-8,12H,10-11,13-14H2,1-3H3. The van der Waals surface area contributed by atoms with Crippen molar-refractivity contribution >= 4 is 11.9 Å². The van der Waals surface area contributed by atoms with Crippen LogP contribution < -0.4 is 0 Å². The molecule has 1 aliphatic rings. The van der Waals surface area contributed by atoms with Gasteiger partial charge in [0.1, 0.15) is 0 Å². The summed E-state index contributed by atoms with van der Waals surface area (Å²) in [6.45, 7) is 1.97. The van der Waals surface area contributed by atoms with E-state index in [0.717, 1.165) is 24.0 Å². The van der Waals surface area contributed by atoms with Crippen LogP contribution in [0.1, 0.15) is 36.8 Å². The van der Waals surface area contributed by atoms with Crippen LogP contribution >= 0.6 is 0 Å². The number of benzene rings is 1. The van der Waals surface area contributed by atoms with E-state index in [9.17, 15) is 9.59 Å². The summed E-state index contributed by atoms with van der Waals surface area (Å²) in [5.74, 6) is 4.81. The molecule has 2 rings (SSSR count). The Balaban J connectivity index is 2.30. The molecule has 0 spiro atoms. The van der Waals surface area contributed by atoms with Crippen molar-refractivity contribution in [3.63, 3.8) is 0 Å². The van der Waals surface area contributed by atoms with Gasteiger partial charge in [-0.3, -0.25) is 9.59 Å². The predicted molar refractivity (Wildman–Crippen MR) is 91.1 cm³/mol. The molecule has 1 saturated carbocycles. The fourth-order valence-corrected chi connectivity index (χ4v) is 2.46. The Morgan fingerprint density at radius 3 is 2.33 bits per heavy atom. The third-order valence-electron chi connectivity index (χ3n) is 4.19. The number of carbonyl (C=O) groups is 2. The van der Waals surface area contributed by atoms with E-state index in [1.807, 2.05) is 37.3 Å². The molecule has 0 bridgehead atoms. The number of rotatable bonds is 5. The Morgan fingerprint density at radius 1 is 1.17 bits per heavy atom. The molecule has 0 heterocycles. The molecule has 4 nitrogen and oxygen atoms in total. The molecule has 0 unspecified atom stereocenters. The summed E-state index contributed by atoms with van der Waals surface area (Å²) in [5, 5.41) is 0. The first-order chi connectivity index (χ1) is 11.5. The van der Waals surface area contributed by atoms with Crippen molar-refractivity contribution in [2.45, 2.75) is 32.6 Å². The number of hydrogen-bond acceptors (Lipinski definition) is 4. The first kappa shape index (κ1) is 17.8. The van der Waals surface area contributed by atoms with Crippen molar-refractivity contribution < 1.29 is 19.1 Å². The molecule has 0 aliphatic heterocycles. The number of aryl methyl sites for hydroxylation is 1. The number of hydrogen-bond donors (Lipinski definition) is 0. The van der Waals surface area contributed by atoms with Crippen LogP contribution in [-0.2, 0) is 19.1 Å². The largest absolute Gasteiger partial charge is 0.468 e. The summed E-state index contributed by atoms with van der Waals surface area (Å²) < 4.78 is 9.76. The Hall–Kier alpha value is -2.54. The lowest BCUT2D eigenvalue weighted by Crippen LogP contribution is -2.40. The fraction of sp³-hybridized carbons (Fsp3) is 0.400. The summed E-state index contributed by atoms with van der Waals surface area (Å²) >= 11 is 0. The molecule has 1 aromatic carbocycles. The van der Waals surface area contributed by atoms with Gasteiger partial charge < -0.3 is 9.47 Å². The Labute approximate surface area is 142 Å². The first-order valence-corrected chi connectivity index (χ1v) is 7.93. The Morgan fingerprint density at radius 2 is 1.79 bits per heavy atom. The van der Waals surface area contributed by atoms with Gasteiger partial charge in [0, 0.05) is 12.0 Å². The average molecular weight is 326 g/mol. The molecule has 0 radical (unpaired) electrons. The average Bonchev–Trinajstić information content (AvgIpc) is 3.42. The summed E-state index contributed by atoms with van der Waals surface area (Å²) in [4.78, 5) is 24.7. The molecular formula is C20H22O4. The molecule has 126 valence electrons. The van der Waals surface area contributed by atoms with E-state index in [0.29, 0.717) is 0 Å². The maximum absolute atomic E-state index is 12.4. The lowest BCUT2D eigenvalue weighted by Gasteiger charge is -2.24. The molecule has 1 aliphatic carbocycles. The van der Waals surface area contributed by atoms with E-state index in [4.69, 9.17) is 9.47 Å². The van der Waals surface area contributed by atoms with Crippen LogP contribution in [0.15, 0.2) is 35.9 Å². The van der Waals surface area contributed by atoms with Crippen molar-refractivity contribution in [2.75, 3.05) is 14.2 Å². The highest BCUT2D eigenvalue weighted by Crippen LogP contribution is 2.35. The van der Waals surface area contributed by atoms with Gasteiger partial charge in [-0.05, 0) is 37.8 Å². The summed E-state index contributed by atoms with van der Waals surface area (Å²) in [6, 6.07) is 7.72. The van der Waals surface area contributed by atoms with Gasteiger partial charge in [0.05, 0.1) is 14.2 Å². The van der Waals surface area contributed by atoms with Crippen LogP contribution in [0.4, 0.5) is 0 Å². The van der Waals surface area contributed by atoms with E-state index < -0.39 is 17.4 Å². The van der Waals surface area contributed by atoms with Crippen molar-refractivity contribution in [2.24, 2.45) is 5.41 Å². The fourth-order valence-electron chi connectivity index (χ4n) is 2.46. The van der Waals surface area contributed by atoms with E-state index in [1.165, 1.54) is 19.8 Å². The third kappa shape index (κ3) is 4.05. The van der Waals surface area contributed by atoms with Gasteiger partial charge in [0.15, 0.2) is 5.41 Å². The van der Waals surface area contributed by atoms with E-state index in [-0.39, 0.29) is 12.8 Å². The third-order valence-corrected chi connectivity index (χ3v) is 4.19. The number of carbonyl (C=O) groups excluding carboxylic acids is 2. The van der Waals surface area contributed by atoms with Crippen LogP contribution in [-0.4, -0.2) is 26.2 Å². The summed E-state index contributed by atoms with van der Waals surface area (Å²) in [7, 11) is 2.55. The molecular weight excluding hydrogens is 304 g/mol. The highest BCUT2D eigenvalue weighted by molar-refractivity contribution is 6.00. The van der Waals surface area contributed by atoms with Crippen molar-refractivity contribution in [1.82, 2.24) is 0 Å². The smallest absolute Gasteiger partial charge is 0.324 e. The van der Waals surface area contributed by atoms with Gasteiger partial charge in [-0.1, -0.05) is 41.7 Å². The summed E-state index contributed by atoms with van der Waals surface area (Å²) in [6.07, 6.45) is 4.29. The van der Waals surface area contributed by atoms with Crippen LogP contribution in [0.2, 0.25) is 0 Å². The van der Waals surface area contributed by atoms with Crippen LogP contribution in [0, 0.1) is 24.2 Å². The number of methoxy groups -OCH3 is 2. The quantitative estimate of drug-likeness (QED) is 0.361. The monoisotopic (exact) mass is 326 g/mol. The molecule has 0 N–H and O–H groups in total. The SMILES string of the molecule is COC(=O)C(CC#Cc1ccccc1C)(CC=C1CC1)C(=O)OC. The van der Waals surface area contributed by atoms with E-state index >= 15 is 0 Å². The van der Waals surface area contributed by atoms with Gasteiger partial charge >= 0.3 is 11.9 Å². The second-order valence-corrected chi connectivity index (χ2v) is 5.93. The molecule has 4 heteroatoms. The van der Waals surface area contributed by atoms with Gasteiger partial charge in [0.25, 0.3) is 0 Å². The van der Waals surface area contributed by atoms with Gasteiger partial charge in [-0.15, -0.1) is 0 Å². The van der Waals surface area contributed by atoms with Crippen LogP contribution in [0.3, 0.4) is 0 Å². The lowest BCUT2D eigenvalue weighted by atomic mass is 9.80. The zero-order valence-electron chi connectivity index (χ0n) is 14.3. The molecule has 0 aromatic heterocycles. The van der Waals surface area contributed by atoms with Gasteiger partial charge in [-0.2, -0.15) is 0 Å². The predicted octanol–water partition coefficient (Wildman–Crippen LogP) is 3.18. The second kappa shape index (κ2) is 7.83. The molecule has 1 aromatic rings. The van der Waals surface area contributed by atoms with Crippen molar-refractivity contribution in [3.05, 3.63) is 47.0 Å². The molecule has 0 amide bonds. The lowest BCUT2D eigenvalue weighted by molar-refractivity contribution is -0.168. The van der Waals surface area contributed by atoms with Gasteiger partial charge in [0.2, 0.25) is 0 Å². The highest BCUT2D eigenvalue weighted by Gasteiger charge is 2.47. The zero-order chi connectivity index (χ0) is 17.6. The highest BCUT2D eigenvalue weighted by atomic mass is 16.5. The number of ether oxygens (including phenoxy) is 2. The van der Waals surface area contributed by atoms with Crippen LogP contribution in [0.25, 0.3) is 0 Å². The van der Waals surface area contributed by atoms with E-state index in [1.54, 1.807) is 0 Å². The summed E-state index contributed by atoms with van der Waals surface area (Å²) in [5.41, 5.74) is 1.77. The van der Waals surface area contributed by atoms with Crippen LogP contribution in [0.5, 0.6) is 0 Å². The Bertz CT molecular complexity index is 697. The number of allylic oxidation sites excluding steroid dienone is 2. The molecule has 24 heavy (non-hydrogen) atoms. The maximum atomic E-state index is 12.4.